The average Bonchev–Trinajstić information content (AvgIpc) is 3.01. The zero-order chi connectivity index (χ0) is 18.7. The van der Waals surface area contributed by atoms with Crippen molar-refractivity contribution < 1.29 is 18.0 Å². The molecule has 0 aliphatic carbocycles. The van der Waals surface area contributed by atoms with E-state index in [1.165, 1.54) is 18.2 Å². The van der Waals surface area contributed by atoms with Crippen LogP contribution >= 0.6 is 0 Å². The first-order chi connectivity index (χ1) is 12.4. The van der Waals surface area contributed by atoms with Crippen molar-refractivity contribution in [2.45, 2.75) is 19.1 Å². The molecule has 1 aliphatic rings. The third kappa shape index (κ3) is 4.07. The van der Waals surface area contributed by atoms with Gasteiger partial charge in [-0.25, -0.2) is 4.68 Å². The van der Waals surface area contributed by atoms with E-state index in [0.717, 1.165) is 17.4 Å². The molecule has 2 N–H and O–H groups in total. The van der Waals surface area contributed by atoms with Crippen LogP contribution in [0.25, 0.3) is 0 Å². The highest BCUT2D eigenvalue weighted by Crippen LogP contribution is 2.31. The lowest BCUT2D eigenvalue weighted by Crippen LogP contribution is -2.37. The number of nitrogens with one attached hydrogen (secondary N) is 2. The molecule has 1 aliphatic heterocycles. The number of anilines is 1. The van der Waals surface area contributed by atoms with E-state index in [9.17, 15) is 18.0 Å². The second-order valence-corrected chi connectivity index (χ2v) is 6.27. The summed E-state index contributed by atoms with van der Waals surface area (Å²) in [4.78, 5) is 11.3. The number of amides is 1. The summed E-state index contributed by atoms with van der Waals surface area (Å²) in [6, 6.07) is 5.33. The second kappa shape index (κ2) is 7.23. The van der Waals surface area contributed by atoms with Gasteiger partial charge in [0, 0.05) is 37.5 Å². The number of aromatic nitrogens is 2. The minimum absolute atomic E-state index is 0.174. The number of carbonyl (C=O) groups is 1. The Labute approximate surface area is 148 Å². The number of benzene rings is 1. The number of halogens is 3. The van der Waals surface area contributed by atoms with Crippen molar-refractivity contribution in [2.75, 3.05) is 18.4 Å². The lowest BCUT2D eigenvalue weighted by atomic mass is 10.0. The van der Waals surface area contributed by atoms with E-state index in [0.29, 0.717) is 31.6 Å². The molecule has 8 heteroatoms. The molecule has 0 bridgehead atoms. The van der Waals surface area contributed by atoms with Gasteiger partial charge in [0.1, 0.15) is 5.82 Å². The number of hydrogen-bond acceptors (Lipinski definition) is 3. The van der Waals surface area contributed by atoms with Crippen molar-refractivity contribution in [1.82, 2.24) is 15.1 Å². The predicted molar refractivity (Wildman–Crippen MR) is 91.7 cm³/mol. The molecule has 5 nitrogen and oxygen atoms in total. The van der Waals surface area contributed by atoms with Gasteiger partial charge in [0.05, 0.1) is 11.8 Å². The maximum Gasteiger partial charge on any atom is 0.416 e. The first-order valence-electron chi connectivity index (χ1n) is 8.22. The summed E-state index contributed by atoms with van der Waals surface area (Å²) in [6.45, 7) is 5.19. The average molecular weight is 364 g/mol. The van der Waals surface area contributed by atoms with E-state index < -0.39 is 11.7 Å². The van der Waals surface area contributed by atoms with Crippen LogP contribution in [-0.2, 0) is 23.9 Å². The molecule has 1 unspecified atom stereocenters. The Bertz CT molecular complexity index is 813. The summed E-state index contributed by atoms with van der Waals surface area (Å²) in [5.41, 5.74) is 0.776. The first kappa shape index (κ1) is 18.0. The molecule has 138 valence electrons. The maximum absolute atomic E-state index is 12.9. The number of hydrogen-bond donors (Lipinski definition) is 2. The summed E-state index contributed by atoms with van der Waals surface area (Å²) >= 11 is 0. The Hall–Kier alpha value is -2.77. The summed E-state index contributed by atoms with van der Waals surface area (Å²) in [5.74, 6) is 0.767. The molecule has 0 saturated heterocycles. The van der Waals surface area contributed by atoms with Crippen LogP contribution in [0.15, 0.2) is 43.1 Å². The van der Waals surface area contributed by atoms with Crippen molar-refractivity contribution in [3.05, 3.63) is 59.8 Å². The van der Waals surface area contributed by atoms with E-state index in [-0.39, 0.29) is 11.8 Å². The lowest BCUT2D eigenvalue weighted by Gasteiger charge is -2.25. The number of carbonyl (C=O) groups excluding carboxylic acids is 1. The van der Waals surface area contributed by atoms with Crippen LogP contribution in [0.1, 0.15) is 16.7 Å². The standard InChI is InChI=1S/C18H19F3N4O/c1-2-16(26)22-8-13-9-23-17-14(10-24-25(17)11-13)6-12-4-3-5-15(7-12)18(19,20)21/h2-5,7,10,13,23H,1,6,8-9,11H2,(H,22,26). The fourth-order valence-electron chi connectivity index (χ4n) is 2.98. The molecular weight excluding hydrogens is 345 g/mol. The van der Waals surface area contributed by atoms with Crippen LogP contribution in [-0.4, -0.2) is 28.8 Å². The Balaban J connectivity index is 1.69. The van der Waals surface area contributed by atoms with Gasteiger partial charge in [0.15, 0.2) is 0 Å². The number of rotatable bonds is 5. The molecule has 2 aromatic rings. The normalized spacial score (nSPS) is 16.5. The van der Waals surface area contributed by atoms with Crippen LogP contribution in [0, 0.1) is 5.92 Å². The van der Waals surface area contributed by atoms with Gasteiger partial charge in [-0.15, -0.1) is 0 Å². The predicted octanol–water partition coefficient (Wildman–Crippen LogP) is 2.84. The highest BCUT2D eigenvalue weighted by atomic mass is 19.4. The zero-order valence-corrected chi connectivity index (χ0v) is 14.0. The molecule has 0 radical (unpaired) electrons. The molecule has 0 saturated carbocycles. The zero-order valence-electron chi connectivity index (χ0n) is 14.0. The fourth-order valence-corrected chi connectivity index (χ4v) is 2.98. The van der Waals surface area contributed by atoms with Crippen LogP contribution < -0.4 is 10.6 Å². The highest BCUT2D eigenvalue weighted by Gasteiger charge is 2.30. The minimum Gasteiger partial charge on any atom is -0.370 e. The SMILES string of the molecule is C=CC(=O)NCC1CNc2c(Cc3cccc(C(F)(F)F)c3)cnn2C1. The third-order valence-electron chi connectivity index (χ3n) is 4.30. The Morgan fingerprint density at radius 1 is 1.46 bits per heavy atom. The maximum atomic E-state index is 12.9. The first-order valence-corrected chi connectivity index (χ1v) is 8.22. The number of nitrogens with zero attached hydrogens (tertiary/aromatic N) is 2. The molecule has 1 aromatic heterocycles. The summed E-state index contributed by atoms with van der Waals surface area (Å²) < 4.78 is 40.3. The van der Waals surface area contributed by atoms with Crippen molar-refractivity contribution >= 4 is 11.7 Å². The molecule has 1 amide bonds. The molecule has 26 heavy (non-hydrogen) atoms. The minimum atomic E-state index is -4.35. The molecule has 1 aromatic carbocycles. The van der Waals surface area contributed by atoms with E-state index in [4.69, 9.17) is 0 Å². The lowest BCUT2D eigenvalue weighted by molar-refractivity contribution is -0.137. The van der Waals surface area contributed by atoms with Crippen LogP contribution in [0.4, 0.5) is 19.0 Å². The molecular formula is C18H19F3N4O. The van der Waals surface area contributed by atoms with Crippen molar-refractivity contribution in [1.29, 1.82) is 0 Å². The molecule has 1 atom stereocenters. The van der Waals surface area contributed by atoms with Crippen molar-refractivity contribution in [3.63, 3.8) is 0 Å². The van der Waals surface area contributed by atoms with Gasteiger partial charge in [-0.3, -0.25) is 4.79 Å². The van der Waals surface area contributed by atoms with E-state index in [1.807, 2.05) is 0 Å². The Morgan fingerprint density at radius 3 is 3.00 bits per heavy atom. The van der Waals surface area contributed by atoms with Gasteiger partial charge < -0.3 is 10.6 Å². The Morgan fingerprint density at radius 2 is 2.27 bits per heavy atom. The van der Waals surface area contributed by atoms with Gasteiger partial charge in [0.25, 0.3) is 0 Å². The van der Waals surface area contributed by atoms with Gasteiger partial charge in [-0.2, -0.15) is 18.3 Å². The summed E-state index contributed by atoms with van der Waals surface area (Å²) in [7, 11) is 0. The topological polar surface area (TPSA) is 59.0 Å². The highest BCUT2D eigenvalue weighted by molar-refractivity contribution is 5.86. The second-order valence-electron chi connectivity index (χ2n) is 6.27. The fraction of sp³-hybridized carbons (Fsp3) is 0.333. The van der Waals surface area contributed by atoms with Crippen LogP contribution in [0.2, 0.25) is 0 Å². The molecule has 3 rings (SSSR count). The quantitative estimate of drug-likeness (QED) is 0.802. The smallest absolute Gasteiger partial charge is 0.370 e. The number of alkyl halides is 3. The van der Waals surface area contributed by atoms with Gasteiger partial charge in [-0.1, -0.05) is 24.8 Å². The molecule has 0 spiro atoms. The van der Waals surface area contributed by atoms with Crippen molar-refractivity contribution in [3.8, 4) is 0 Å². The van der Waals surface area contributed by atoms with Crippen LogP contribution in [0.3, 0.4) is 0 Å². The van der Waals surface area contributed by atoms with E-state index >= 15 is 0 Å². The van der Waals surface area contributed by atoms with Gasteiger partial charge in [-0.05, 0) is 17.7 Å². The third-order valence-corrected chi connectivity index (χ3v) is 4.30. The summed E-state index contributed by atoms with van der Waals surface area (Å²) in [5, 5.41) is 10.3. The van der Waals surface area contributed by atoms with Gasteiger partial charge >= 0.3 is 6.18 Å². The largest absolute Gasteiger partial charge is 0.416 e. The van der Waals surface area contributed by atoms with Crippen LogP contribution in [0.5, 0.6) is 0 Å². The number of fused-ring (bicyclic) bond motifs is 1. The monoisotopic (exact) mass is 364 g/mol. The van der Waals surface area contributed by atoms with E-state index in [1.54, 1.807) is 16.9 Å². The Kier molecular flexibility index (Phi) is 5.01. The van der Waals surface area contributed by atoms with Gasteiger partial charge in [0.2, 0.25) is 5.91 Å². The molecule has 2 heterocycles. The summed E-state index contributed by atoms with van der Waals surface area (Å²) in [6.07, 6.45) is -1.09. The van der Waals surface area contributed by atoms with Crippen molar-refractivity contribution in [2.24, 2.45) is 5.92 Å². The molecule has 0 fully saturated rings. The van der Waals surface area contributed by atoms with E-state index in [2.05, 4.69) is 22.3 Å².